The first-order valence-electron chi connectivity index (χ1n) is 7.28. The van der Waals surface area contributed by atoms with Gasteiger partial charge in [0.05, 0.1) is 11.8 Å². The van der Waals surface area contributed by atoms with Crippen LogP contribution in [-0.4, -0.2) is 48.0 Å². The smallest absolute Gasteiger partial charge is 0.257 e. The van der Waals surface area contributed by atoms with E-state index in [0.717, 1.165) is 18.7 Å². The molecule has 4 rings (SSSR count). The number of fused-ring (bicyclic) bond motifs is 1. The van der Waals surface area contributed by atoms with Gasteiger partial charge in [-0.05, 0) is 12.5 Å². The molecule has 22 heavy (non-hydrogen) atoms. The zero-order valence-corrected chi connectivity index (χ0v) is 12.3. The van der Waals surface area contributed by atoms with Crippen LogP contribution >= 0.6 is 0 Å². The lowest BCUT2D eigenvalue weighted by Gasteiger charge is -2.16. The molecule has 7 heteroatoms. The van der Waals surface area contributed by atoms with Crippen molar-refractivity contribution in [3.63, 3.8) is 0 Å². The average molecular weight is 296 g/mol. The van der Waals surface area contributed by atoms with Crippen molar-refractivity contribution in [1.82, 2.24) is 29.0 Å². The third kappa shape index (κ3) is 2.05. The lowest BCUT2D eigenvalue weighted by atomic mass is 10.0. The summed E-state index contributed by atoms with van der Waals surface area (Å²) in [6.45, 7) is 1.47. The Bertz CT molecular complexity index is 835. The van der Waals surface area contributed by atoms with Gasteiger partial charge in [-0.25, -0.2) is 9.97 Å². The molecule has 0 radical (unpaired) electrons. The zero-order valence-electron chi connectivity index (χ0n) is 12.3. The summed E-state index contributed by atoms with van der Waals surface area (Å²) in [5.74, 6) is 1.06. The maximum atomic E-state index is 12.5. The second-order valence-electron chi connectivity index (χ2n) is 5.61. The molecule has 1 atom stereocenters. The lowest BCUT2D eigenvalue weighted by Crippen LogP contribution is -2.28. The standard InChI is InChI=1S/C15H16N6O/c1-19-9-12(8-18-19)14(22)20-6-3-11(10-20)13-2-4-16-15-17-5-7-21(13)15/h2,4-5,7-9,11H,3,6,10H2,1H3/t11-/m1/s1. The SMILES string of the molecule is Cn1cc(C(=O)N2CC[C@@H](c3ccnc4nccn34)C2)cn1. The molecule has 112 valence electrons. The summed E-state index contributed by atoms with van der Waals surface area (Å²) < 4.78 is 3.65. The van der Waals surface area contributed by atoms with Gasteiger partial charge in [0.25, 0.3) is 5.91 Å². The summed E-state index contributed by atoms with van der Waals surface area (Å²) in [6, 6.07) is 2.01. The van der Waals surface area contributed by atoms with Gasteiger partial charge >= 0.3 is 0 Å². The van der Waals surface area contributed by atoms with E-state index in [0.29, 0.717) is 23.8 Å². The number of carbonyl (C=O) groups is 1. The number of nitrogens with zero attached hydrogens (tertiary/aromatic N) is 6. The second kappa shape index (κ2) is 4.94. The van der Waals surface area contributed by atoms with Gasteiger partial charge in [0.1, 0.15) is 0 Å². The van der Waals surface area contributed by atoms with E-state index in [-0.39, 0.29) is 5.91 Å². The van der Waals surface area contributed by atoms with Crippen molar-refractivity contribution >= 4 is 11.7 Å². The van der Waals surface area contributed by atoms with E-state index in [2.05, 4.69) is 15.1 Å². The van der Waals surface area contributed by atoms with Gasteiger partial charge in [0.2, 0.25) is 5.78 Å². The topological polar surface area (TPSA) is 68.3 Å². The summed E-state index contributed by atoms with van der Waals surface area (Å²) in [5, 5.41) is 4.07. The molecular formula is C15H16N6O. The first-order valence-corrected chi connectivity index (χ1v) is 7.28. The number of aromatic nitrogens is 5. The van der Waals surface area contributed by atoms with E-state index in [9.17, 15) is 4.79 Å². The summed E-state index contributed by atoms with van der Waals surface area (Å²) in [6.07, 6.45) is 9.78. The minimum Gasteiger partial charge on any atom is -0.338 e. The zero-order chi connectivity index (χ0) is 15.1. The molecule has 3 aromatic heterocycles. The number of rotatable bonds is 2. The Kier molecular flexibility index (Phi) is 2.92. The Morgan fingerprint density at radius 2 is 2.18 bits per heavy atom. The highest BCUT2D eigenvalue weighted by Gasteiger charge is 2.29. The van der Waals surface area contributed by atoms with Crippen LogP contribution in [0.4, 0.5) is 0 Å². The van der Waals surface area contributed by atoms with Crippen molar-refractivity contribution in [2.24, 2.45) is 7.05 Å². The van der Waals surface area contributed by atoms with Gasteiger partial charge in [-0.2, -0.15) is 5.10 Å². The van der Waals surface area contributed by atoms with Gasteiger partial charge in [0, 0.05) is 56.5 Å². The van der Waals surface area contributed by atoms with Crippen LogP contribution in [0.15, 0.2) is 37.1 Å². The number of aryl methyl sites for hydroxylation is 1. The Morgan fingerprint density at radius 1 is 1.32 bits per heavy atom. The Hall–Kier alpha value is -2.70. The fraction of sp³-hybridized carbons (Fsp3) is 0.333. The van der Waals surface area contributed by atoms with Gasteiger partial charge < -0.3 is 4.90 Å². The summed E-state index contributed by atoms with van der Waals surface area (Å²) >= 11 is 0. The first-order chi connectivity index (χ1) is 10.7. The number of likely N-dealkylation sites (tertiary alicyclic amines) is 1. The summed E-state index contributed by atoms with van der Waals surface area (Å²) in [4.78, 5) is 22.8. The average Bonchev–Trinajstić information content (AvgIpc) is 3.26. The minimum atomic E-state index is 0.0477. The fourth-order valence-electron chi connectivity index (χ4n) is 3.09. The molecular weight excluding hydrogens is 280 g/mol. The highest BCUT2D eigenvalue weighted by molar-refractivity contribution is 5.94. The molecule has 0 aromatic carbocycles. The van der Waals surface area contributed by atoms with E-state index in [1.165, 1.54) is 0 Å². The molecule has 0 spiro atoms. The summed E-state index contributed by atoms with van der Waals surface area (Å²) in [7, 11) is 1.82. The molecule has 1 aliphatic heterocycles. The van der Waals surface area contributed by atoms with Crippen LogP contribution in [-0.2, 0) is 7.05 Å². The Morgan fingerprint density at radius 3 is 3.00 bits per heavy atom. The molecule has 0 unspecified atom stereocenters. The molecule has 1 saturated heterocycles. The Balaban J connectivity index is 1.57. The van der Waals surface area contributed by atoms with E-state index < -0.39 is 0 Å². The van der Waals surface area contributed by atoms with Crippen molar-refractivity contribution in [3.05, 3.63) is 48.3 Å². The maximum Gasteiger partial charge on any atom is 0.257 e. The van der Waals surface area contributed by atoms with Gasteiger partial charge in [0.15, 0.2) is 0 Å². The van der Waals surface area contributed by atoms with Crippen molar-refractivity contribution in [1.29, 1.82) is 0 Å². The minimum absolute atomic E-state index is 0.0477. The normalized spacial score (nSPS) is 18.2. The molecule has 1 amide bonds. The maximum absolute atomic E-state index is 12.5. The van der Waals surface area contributed by atoms with Gasteiger partial charge in [-0.3, -0.25) is 13.9 Å². The van der Waals surface area contributed by atoms with Crippen LogP contribution in [0, 0.1) is 0 Å². The van der Waals surface area contributed by atoms with Crippen molar-refractivity contribution < 1.29 is 4.79 Å². The third-order valence-electron chi connectivity index (χ3n) is 4.18. The van der Waals surface area contributed by atoms with Crippen LogP contribution < -0.4 is 0 Å². The largest absolute Gasteiger partial charge is 0.338 e. The molecule has 0 aliphatic carbocycles. The van der Waals surface area contributed by atoms with Gasteiger partial charge in [-0.15, -0.1) is 0 Å². The molecule has 0 saturated carbocycles. The predicted octanol–water partition coefficient (Wildman–Crippen LogP) is 1.09. The molecule has 0 bridgehead atoms. The number of carbonyl (C=O) groups excluding carboxylic acids is 1. The first kappa shape index (κ1) is 13.0. The van der Waals surface area contributed by atoms with E-state index in [1.54, 1.807) is 29.5 Å². The predicted molar refractivity (Wildman–Crippen MR) is 79.5 cm³/mol. The number of imidazole rings is 1. The van der Waals surface area contributed by atoms with Crippen LogP contribution in [0.1, 0.15) is 28.4 Å². The molecule has 0 N–H and O–H groups in total. The number of hydrogen-bond acceptors (Lipinski definition) is 4. The highest BCUT2D eigenvalue weighted by atomic mass is 16.2. The number of amides is 1. The van der Waals surface area contributed by atoms with E-state index in [1.807, 2.05) is 28.6 Å². The van der Waals surface area contributed by atoms with Crippen LogP contribution in [0.2, 0.25) is 0 Å². The monoisotopic (exact) mass is 296 g/mol. The molecule has 4 heterocycles. The molecule has 1 fully saturated rings. The van der Waals surface area contributed by atoms with Crippen molar-refractivity contribution in [2.75, 3.05) is 13.1 Å². The van der Waals surface area contributed by atoms with Crippen LogP contribution in [0.5, 0.6) is 0 Å². The van der Waals surface area contributed by atoms with Crippen LogP contribution in [0.3, 0.4) is 0 Å². The van der Waals surface area contributed by atoms with E-state index >= 15 is 0 Å². The third-order valence-corrected chi connectivity index (χ3v) is 4.18. The quantitative estimate of drug-likeness (QED) is 0.710. The van der Waals surface area contributed by atoms with Crippen molar-refractivity contribution in [2.45, 2.75) is 12.3 Å². The number of hydrogen-bond donors (Lipinski definition) is 0. The second-order valence-corrected chi connectivity index (χ2v) is 5.61. The molecule has 3 aromatic rings. The van der Waals surface area contributed by atoms with Crippen molar-refractivity contribution in [3.8, 4) is 0 Å². The van der Waals surface area contributed by atoms with E-state index in [4.69, 9.17) is 0 Å². The summed E-state index contributed by atoms with van der Waals surface area (Å²) in [5.41, 5.74) is 1.80. The van der Waals surface area contributed by atoms with Gasteiger partial charge in [-0.1, -0.05) is 0 Å². The lowest BCUT2D eigenvalue weighted by molar-refractivity contribution is 0.0790. The highest BCUT2D eigenvalue weighted by Crippen LogP contribution is 2.28. The van der Waals surface area contributed by atoms with Crippen LogP contribution in [0.25, 0.3) is 5.78 Å². The molecule has 1 aliphatic rings. The molecule has 7 nitrogen and oxygen atoms in total. The fourth-order valence-corrected chi connectivity index (χ4v) is 3.09. The Labute approximate surface area is 127 Å².